The minimum absolute atomic E-state index is 0.219. The van der Waals surface area contributed by atoms with Gasteiger partial charge in [-0.1, -0.05) is 12.1 Å². The number of aromatic nitrogens is 5. The zero-order valence-corrected chi connectivity index (χ0v) is 24.0. The molecule has 2 N–H and O–H groups in total. The summed E-state index contributed by atoms with van der Waals surface area (Å²) in [7, 11) is 0. The maximum absolute atomic E-state index is 14.7. The number of allylic oxidation sites excluding steroid dienone is 1. The molecule has 41 heavy (non-hydrogen) atoms. The number of nitrogens with zero attached hydrogens (tertiary/aromatic N) is 7. The summed E-state index contributed by atoms with van der Waals surface area (Å²) in [5.74, 6) is 0.691. The Kier molecular flexibility index (Phi) is 7.67. The number of aliphatic hydroxyl groups is 1. The van der Waals surface area contributed by atoms with Crippen LogP contribution < -0.4 is 15.8 Å². The Morgan fingerprint density at radius 3 is 2.39 bits per heavy atom. The predicted molar refractivity (Wildman–Crippen MR) is 160 cm³/mol. The van der Waals surface area contributed by atoms with E-state index in [2.05, 4.69) is 48.8 Å². The minimum Gasteiger partial charge on any atom is -0.389 e. The molecule has 4 aromatic rings. The van der Waals surface area contributed by atoms with Crippen molar-refractivity contribution in [3.8, 4) is 5.82 Å². The van der Waals surface area contributed by atoms with Gasteiger partial charge in [0.05, 0.1) is 17.8 Å². The monoisotopic (exact) mass is 560 g/mol. The van der Waals surface area contributed by atoms with Gasteiger partial charge in [-0.2, -0.15) is 4.98 Å². The van der Waals surface area contributed by atoms with Gasteiger partial charge >= 0.3 is 0 Å². The smallest absolute Gasteiger partial charge is 0.278 e. The quantitative estimate of drug-likeness (QED) is 0.296. The van der Waals surface area contributed by atoms with Gasteiger partial charge in [-0.25, -0.2) is 23.7 Å². The number of alkyl halides is 1. The van der Waals surface area contributed by atoms with Crippen molar-refractivity contribution in [2.75, 3.05) is 42.9 Å². The topological polar surface area (TPSA) is 104 Å². The van der Waals surface area contributed by atoms with E-state index in [-0.39, 0.29) is 17.8 Å². The minimum atomic E-state index is -1.65. The van der Waals surface area contributed by atoms with Gasteiger partial charge in [-0.15, -0.1) is 6.58 Å². The number of benzene rings is 1. The van der Waals surface area contributed by atoms with Crippen molar-refractivity contribution in [1.29, 1.82) is 0 Å². The van der Waals surface area contributed by atoms with Crippen LogP contribution in [0.25, 0.3) is 16.9 Å². The highest BCUT2D eigenvalue weighted by molar-refractivity contribution is 5.77. The molecule has 4 heterocycles. The van der Waals surface area contributed by atoms with E-state index < -0.39 is 11.3 Å². The number of nitrogens with one attached hydrogen (secondary N) is 1. The number of β-amino-alcohol motifs (C(OH)–C–C–N with tert-alkyl or cyclic N) is 1. The highest BCUT2D eigenvalue weighted by Crippen LogP contribution is 2.25. The molecule has 1 aliphatic rings. The summed E-state index contributed by atoms with van der Waals surface area (Å²) in [6.07, 6.45) is 3.11. The zero-order valence-electron chi connectivity index (χ0n) is 24.0. The Morgan fingerprint density at radius 1 is 1.05 bits per heavy atom. The number of hydrogen-bond donors (Lipinski definition) is 2. The van der Waals surface area contributed by atoms with Crippen LogP contribution in [-0.2, 0) is 12.2 Å². The van der Waals surface area contributed by atoms with Crippen molar-refractivity contribution in [2.24, 2.45) is 0 Å². The first-order valence-electron chi connectivity index (χ1n) is 13.8. The fourth-order valence-electron chi connectivity index (χ4n) is 5.08. The van der Waals surface area contributed by atoms with Crippen LogP contribution >= 0.6 is 0 Å². The third-order valence-corrected chi connectivity index (χ3v) is 7.01. The molecule has 0 radical (unpaired) electrons. The molecule has 216 valence electrons. The molecule has 0 aliphatic carbocycles. The van der Waals surface area contributed by atoms with E-state index in [1.54, 1.807) is 29.0 Å². The molecule has 3 aromatic heterocycles. The van der Waals surface area contributed by atoms with Gasteiger partial charge in [0.1, 0.15) is 11.1 Å². The second kappa shape index (κ2) is 11.1. The van der Waals surface area contributed by atoms with Crippen LogP contribution in [0.2, 0.25) is 0 Å². The molecule has 0 spiro atoms. The predicted octanol–water partition coefficient (Wildman–Crippen LogP) is 4.00. The molecule has 0 saturated carbocycles. The lowest BCUT2D eigenvalue weighted by molar-refractivity contribution is 0.0345. The van der Waals surface area contributed by atoms with Crippen molar-refractivity contribution in [3.05, 3.63) is 77.4 Å². The maximum atomic E-state index is 14.7. The van der Waals surface area contributed by atoms with Gasteiger partial charge in [-0.05, 0) is 64.1 Å². The van der Waals surface area contributed by atoms with E-state index in [4.69, 9.17) is 0 Å². The molecule has 1 fully saturated rings. The maximum Gasteiger partial charge on any atom is 0.278 e. The largest absolute Gasteiger partial charge is 0.389 e. The standard InChI is InChI=1S/C30H37FN8O2/c1-6-14-38-27(40)23-19-32-28(35-26(23)39(38)25-9-7-8-24(34-25)30(4,5)31)33-21-10-12-22(13-11-21)37-17-15-36(16-18-37)20-29(2,3)41/h6-13,19,41H,1,14-18,20H2,2-5H3,(H,32,33,35). The fraction of sp³-hybridized carbons (Fsp3) is 0.400. The fourth-order valence-corrected chi connectivity index (χ4v) is 5.08. The van der Waals surface area contributed by atoms with Gasteiger partial charge in [0.2, 0.25) is 5.95 Å². The van der Waals surface area contributed by atoms with Gasteiger partial charge in [0, 0.05) is 50.3 Å². The second-order valence-corrected chi connectivity index (χ2v) is 11.5. The molecule has 0 atom stereocenters. The van der Waals surface area contributed by atoms with Crippen molar-refractivity contribution in [2.45, 2.75) is 45.5 Å². The van der Waals surface area contributed by atoms with Crippen LogP contribution in [-0.4, -0.2) is 72.6 Å². The summed E-state index contributed by atoms with van der Waals surface area (Å²) in [6.45, 7) is 14.8. The summed E-state index contributed by atoms with van der Waals surface area (Å²) >= 11 is 0. The van der Waals surface area contributed by atoms with E-state index in [0.29, 0.717) is 29.3 Å². The third kappa shape index (κ3) is 6.31. The Bertz CT molecular complexity index is 1590. The number of fused-ring (bicyclic) bond motifs is 1. The Hall–Kier alpha value is -4.09. The van der Waals surface area contributed by atoms with Crippen molar-refractivity contribution in [1.82, 2.24) is 29.2 Å². The van der Waals surface area contributed by atoms with E-state index in [9.17, 15) is 14.3 Å². The van der Waals surface area contributed by atoms with Gasteiger partial charge in [0.15, 0.2) is 11.5 Å². The van der Waals surface area contributed by atoms with Crippen LogP contribution in [0.3, 0.4) is 0 Å². The molecule has 1 aliphatic heterocycles. The Labute approximate surface area is 238 Å². The summed E-state index contributed by atoms with van der Waals surface area (Å²) < 4.78 is 17.8. The zero-order chi connectivity index (χ0) is 29.4. The first-order chi connectivity index (χ1) is 19.4. The molecule has 10 nitrogen and oxygen atoms in total. The van der Waals surface area contributed by atoms with Crippen molar-refractivity contribution >= 4 is 28.4 Å². The number of hydrogen-bond acceptors (Lipinski definition) is 8. The molecule has 0 unspecified atom stereocenters. The lowest BCUT2D eigenvalue weighted by Crippen LogP contribution is -2.50. The third-order valence-electron chi connectivity index (χ3n) is 7.01. The number of pyridine rings is 1. The lowest BCUT2D eigenvalue weighted by atomic mass is 10.1. The van der Waals surface area contributed by atoms with Crippen molar-refractivity contribution < 1.29 is 9.50 Å². The molecule has 5 rings (SSSR count). The molecule has 11 heteroatoms. The first-order valence-corrected chi connectivity index (χ1v) is 13.8. The molecular formula is C30H37FN8O2. The summed E-state index contributed by atoms with van der Waals surface area (Å²) in [6, 6.07) is 13.1. The van der Waals surface area contributed by atoms with Gasteiger partial charge < -0.3 is 15.3 Å². The summed E-state index contributed by atoms with van der Waals surface area (Å²) in [4.78, 5) is 31.4. The van der Waals surface area contributed by atoms with E-state index in [1.807, 2.05) is 26.0 Å². The number of piperazine rings is 1. The second-order valence-electron chi connectivity index (χ2n) is 11.5. The van der Waals surface area contributed by atoms with Crippen LogP contribution in [0.1, 0.15) is 33.4 Å². The molecule has 1 aromatic carbocycles. The lowest BCUT2D eigenvalue weighted by Gasteiger charge is -2.38. The number of anilines is 3. The molecule has 0 bridgehead atoms. The highest BCUT2D eigenvalue weighted by atomic mass is 19.1. The van der Waals surface area contributed by atoms with Crippen LogP contribution in [0, 0.1) is 0 Å². The molecule has 0 amide bonds. The van der Waals surface area contributed by atoms with Crippen molar-refractivity contribution in [3.63, 3.8) is 0 Å². The SMILES string of the molecule is C=CCn1c(=O)c2cnc(Nc3ccc(N4CCN(CC(C)(C)O)CC4)cc3)nc2n1-c1cccc(C(C)(C)F)n1. The normalized spacial score (nSPS) is 14.9. The first kappa shape index (κ1) is 28.4. The Morgan fingerprint density at radius 2 is 1.76 bits per heavy atom. The Balaban J connectivity index is 1.39. The van der Waals surface area contributed by atoms with Crippen LogP contribution in [0.4, 0.5) is 21.7 Å². The van der Waals surface area contributed by atoms with E-state index in [0.717, 1.165) is 37.6 Å². The average Bonchev–Trinajstić information content (AvgIpc) is 3.19. The molecular weight excluding hydrogens is 523 g/mol. The van der Waals surface area contributed by atoms with E-state index >= 15 is 0 Å². The van der Waals surface area contributed by atoms with Gasteiger partial charge in [0.25, 0.3) is 5.56 Å². The van der Waals surface area contributed by atoms with Crippen LogP contribution in [0.5, 0.6) is 0 Å². The van der Waals surface area contributed by atoms with Crippen LogP contribution in [0.15, 0.2) is 66.1 Å². The summed E-state index contributed by atoms with van der Waals surface area (Å²) in [5.41, 5.74) is -0.114. The molecule has 1 saturated heterocycles. The van der Waals surface area contributed by atoms with Gasteiger partial charge in [-0.3, -0.25) is 9.69 Å². The highest BCUT2D eigenvalue weighted by Gasteiger charge is 2.24. The summed E-state index contributed by atoms with van der Waals surface area (Å²) in [5, 5.41) is 13.7. The number of halogens is 1. The number of rotatable bonds is 9. The van der Waals surface area contributed by atoms with E-state index in [1.165, 1.54) is 24.7 Å². The average molecular weight is 561 g/mol.